The molecule has 6 aromatic rings. The van der Waals surface area contributed by atoms with Crippen molar-refractivity contribution in [3.05, 3.63) is 70.0 Å². The number of aromatic amines is 4. The Balaban J connectivity index is 0.000000143. The molecule has 0 saturated carbocycles. The number of amides is 3. The van der Waals surface area contributed by atoms with Gasteiger partial charge < -0.3 is 24.7 Å². The van der Waals surface area contributed by atoms with Crippen molar-refractivity contribution in [3.63, 3.8) is 0 Å². The van der Waals surface area contributed by atoms with Crippen LogP contribution in [0.1, 0.15) is 73.9 Å². The number of carbonyl (C=O) groups excluding carboxylic acids is 3. The van der Waals surface area contributed by atoms with Crippen LogP contribution in [0.25, 0.3) is 44.6 Å². The van der Waals surface area contributed by atoms with E-state index < -0.39 is 10.8 Å². The topological polar surface area (TPSA) is 150 Å². The average molecular weight is 770 g/mol. The highest BCUT2D eigenvalue weighted by atomic mass is 32.2. The van der Waals surface area contributed by atoms with E-state index >= 15 is 0 Å². The first-order valence-corrected chi connectivity index (χ1v) is 21.0. The lowest BCUT2D eigenvalue weighted by molar-refractivity contribution is -0.131. The number of nitrogens with one attached hydrogen (secondary N) is 4. The number of hydrogen-bond donors (Lipinski definition) is 4. The molecular weight excluding hydrogens is 723 g/mol. The van der Waals surface area contributed by atoms with E-state index in [1.807, 2.05) is 63.8 Å². The van der Waals surface area contributed by atoms with Crippen LogP contribution in [-0.4, -0.2) is 91.2 Å². The Labute approximate surface area is 329 Å². The molecule has 1 saturated heterocycles. The summed E-state index contributed by atoms with van der Waals surface area (Å²) in [7, 11) is 1.88. The molecule has 2 aromatic carbocycles. The average Bonchev–Trinajstić information content (AvgIpc) is 4.02. The number of thioether (sulfide) groups is 1. The van der Waals surface area contributed by atoms with Crippen LogP contribution < -0.4 is 9.80 Å². The molecule has 0 spiro atoms. The Morgan fingerprint density at radius 2 is 1.23 bits per heavy atom. The Morgan fingerprint density at radius 1 is 0.714 bits per heavy atom. The van der Waals surface area contributed by atoms with Crippen LogP contribution in [0.3, 0.4) is 0 Å². The van der Waals surface area contributed by atoms with Crippen LogP contribution in [0.5, 0.6) is 0 Å². The summed E-state index contributed by atoms with van der Waals surface area (Å²) in [5, 5.41) is 17.2. The van der Waals surface area contributed by atoms with E-state index in [0.717, 1.165) is 125 Å². The SMILES string of the molecule is CC1(C)C(=O)N(CC(=O)N2CCSCC2)c2cc3c4c([nH]c3cc21)-c1[nH]ncc1CCC4.CN1C(=O)C(C)(C)c2cc3[nH]c4c(c3cc21)CCCc1cn[nH]c1-4. The van der Waals surface area contributed by atoms with Crippen LogP contribution in [0.15, 0.2) is 36.7 Å². The molecule has 12 nitrogen and oxygen atoms in total. The second kappa shape index (κ2) is 12.6. The molecule has 4 aromatic heterocycles. The third kappa shape index (κ3) is 5.15. The van der Waals surface area contributed by atoms with Gasteiger partial charge in [0.25, 0.3) is 0 Å². The van der Waals surface area contributed by atoms with Gasteiger partial charge in [0.1, 0.15) is 6.54 Å². The summed E-state index contributed by atoms with van der Waals surface area (Å²) in [6, 6.07) is 8.60. The fourth-order valence-electron chi connectivity index (χ4n) is 9.78. The highest BCUT2D eigenvalue weighted by Crippen LogP contribution is 2.47. The van der Waals surface area contributed by atoms with Crippen LogP contribution >= 0.6 is 11.8 Å². The van der Waals surface area contributed by atoms with Gasteiger partial charge in [0.15, 0.2) is 0 Å². The van der Waals surface area contributed by atoms with Crippen molar-refractivity contribution >= 4 is 62.7 Å². The Morgan fingerprint density at radius 3 is 1.80 bits per heavy atom. The summed E-state index contributed by atoms with van der Waals surface area (Å²) in [5.74, 6) is 2.13. The Hall–Kier alpha value is -5.30. The number of H-pyrrole nitrogens is 4. The summed E-state index contributed by atoms with van der Waals surface area (Å²) < 4.78 is 0. The Bertz CT molecular complexity index is 2620. The minimum atomic E-state index is -0.663. The predicted octanol–water partition coefficient (Wildman–Crippen LogP) is 6.55. The number of aromatic nitrogens is 6. The molecule has 3 amide bonds. The molecule has 7 heterocycles. The molecule has 56 heavy (non-hydrogen) atoms. The second-order valence-corrected chi connectivity index (χ2v) is 18.3. The van der Waals surface area contributed by atoms with E-state index in [1.54, 1.807) is 9.80 Å². The zero-order chi connectivity index (χ0) is 38.7. The minimum absolute atomic E-state index is 0.00170. The van der Waals surface area contributed by atoms with E-state index in [9.17, 15) is 14.4 Å². The van der Waals surface area contributed by atoms with Gasteiger partial charge in [0.05, 0.1) is 46.0 Å². The first-order valence-electron chi connectivity index (χ1n) is 19.8. The summed E-state index contributed by atoms with van der Waals surface area (Å²) in [6.07, 6.45) is 10.1. The molecule has 13 heteroatoms. The molecule has 1 fully saturated rings. The lowest BCUT2D eigenvalue weighted by Crippen LogP contribution is -2.46. The maximum Gasteiger partial charge on any atom is 0.242 e. The van der Waals surface area contributed by atoms with Gasteiger partial charge >= 0.3 is 0 Å². The van der Waals surface area contributed by atoms with Gasteiger partial charge in [-0.3, -0.25) is 24.6 Å². The van der Waals surface area contributed by atoms with E-state index in [-0.39, 0.29) is 24.3 Å². The van der Waals surface area contributed by atoms with Crippen LogP contribution in [0, 0.1) is 0 Å². The maximum absolute atomic E-state index is 13.4. The van der Waals surface area contributed by atoms with E-state index in [0.29, 0.717) is 0 Å². The largest absolute Gasteiger partial charge is 0.353 e. The zero-order valence-corrected chi connectivity index (χ0v) is 33.4. The van der Waals surface area contributed by atoms with Gasteiger partial charge in [-0.05, 0) is 124 Å². The highest BCUT2D eigenvalue weighted by molar-refractivity contribution is 7.99. The first kappa shape index (κ1) is 35.1. The van der Waals surface area contributed by atoms with Gasteiger partial charge in [-0.2, -0.15) is 22.0 Å². The molecule has 0 bridgehead atoms. The number of carbonyl (C=O) groups is 3. The number of aryl methyl sites for hydroxylation is 4. The molecular formula is C43H47N9O3S. The van der Waals surface area contributed by atoms with E-state index in [2.05, 4.69) is 54.6 Å². The molecule has 0 atom stereocenters. The standard InChI is InChI=1S/C24H27N5O2S.C19H20N4O/c1-24(2)17-11-18-16(15-5-3-4-14-12-25-27-21(14)22(15)26-18)10-19(17)29(23(24)31)13-20(30)28-6-8-32-9-7-28;1-19(2)13-8-14-12(7-15(13)23(3)18(19)24)11-6-4-5-10-9-20-22-16(10)17(11)21-14/h10-12,26H,3-9,13H2,1-2H3,(H,25,27);7-9,21H,4-6H2,1-3H3,(H,20,22). The fraction of sp³-hybridized carbons (Fsp3) is 0.419. The van der Waals surface area contributed by atoms with Gasteiger partial charge in [-0.25, -0.2) is 0 Å². The minimum Gasteiger partial charge on any atom is -0.353 e. The molecule has 2 aliphatic carbocycles. The summed E-state index contributed by atoms with van der Waals surface area (Å²) >= 11 is 1.88. The molecule has 5 aliphatic rings. The molecule has 4 N–H and O–H groups in total. The number of likely N-dealkylation sites (N-methyl/N-ethyl adjacent to an activating group) is 1. The normalized spacial score (nSPS) is 19.1. The summed E-state index contributed by atoms with van der Waals surface area (Å²) in [5.41, 5.74) is 14.6. The van der Waals surface area contributed by atoms with Crippen molar-refractivity contribution in [1.82, 2.24) is 35.3 Å². The van der Waals surface area contributed by atoms with Crippen molar-refractivity contribution in [2.24, 2.45) is 0 Å². The van der Waals surface area contributed by atoms with Crippen LogP contribution in [0.2, 0.25) is 0 Å². The van der Waals surface area contributed by atoms with Gasteiger partial charge in [0.2, 0.25) is 17.7 Å². The van der Waals surface area contributed by atoms with Crippen molar-refractivity contribution in [3.8, 4) is 22.8 Å². The number of fused-ring (bicyclic) bond motifs is 12. The molecule has 0 unspecified atom stereocenters. The Kier molecular flexibility index (Phi) is 7.91. The molecule has 3 aliphatic heterocycles. The van der Waals surface area contributed by atoms with Gasteiger partial charge in [-0.15, -0.1) is 0 Å². The van der Waals surface area contributed by atoms with Crippen molar-refractivity contribution < 1.29 is 14.4 Å². The third-order valence-corrected chi connectivity index (χ3v) is 13.9. The lowest BCUT2D eigenvalue weighted by atomic mass is 9.85. The van der Waals surface area contributed by atoms with Crippen molar-refractivity contribution in [1.29, 1.82) is 0 Å². The van der Waals surface area contributed by atoms with Crippen LogP contribution in [-0.2, 0) is 50.9 Å². The van der Waals surface area contributed by atoms with Crippen molar-refractivity contribution in [2.45, 2.75) is 77.0 Å². The maximum atomic E-state index is 13.4. The number of anilines is 2. The van der Waals surface area contributed by atoms with E-state index in [4.69, 9.17) is 0 Å². The number of rotatable bonds is 2. The molecule has 288 valence electrons. The number of hydrogen-bond acceptors (Lipinski definition) is 6. The summed E-state index contributed by atoms with van der Waals surface area (Å²) in [6.45, 7) is 9.57. The van der Waals surface area contributed by atoms with E-state index in [1.165, 1.54) is 27.6 Å². The number of benzene rings is 2. The smallest absolute Gasteiger partial charge is 0.242 e. The fourth-order valence-corrected chi connectivity index (χ4v) is 10.7. The van der Waals surface area contributed by atoms with Crippen molar-refractivity contribution in [2.75, 3.05) is 48.0 Å². The first-order chi connectivity index (χ1) is 26.9. The van der Waals surface area contributed by atoms with Gasteiger partial charge in [-0.1, -0.05) is 0 Å². The quantitative estimate of drug-likeness (QED) is 0.157. The number of nitrogens with zero attached hydrogens (tertiary/aromatic N) is 5. The zero-order valence-electron chi connectivity index (χ0n) is 32.6. The lowest BCUT2D eigenvalue weighted by Gasteiger charge is -2.29. The molecule has 11 rings (SSSR count). The monoisotopic (exact) mass is 769 g/mol. The highest BCUT2D eigenvalue weighted by Gasteiger charge is 2.46. The third-order valence-electron chi connectivity index (χ3n) is 13.0. The van der Waals surface area contributed by atoms with Crippen LogP contribution in [0.4, 0.5) is 11.4 Å². The van der Waals surface area contributed by atoms with Gasteiger partial charge in [0, 0.05) is 64.8 Å². The summed E-state index contributed by atoms with van der Waals surface area (Å²) in [4.78, 5) is 51.6. The second-order valence-electron chi connectivity index (χ2n) is 17.0. The molecule has 0 radical (unpaired) electrons. The predicted molar refractivity (Wildman–Crippen MR) is 222 cm³/mol.